The second-order valence-corrected chi connectivity index (χ2v) is 38.1. The van der Waals surface area contributed by atoms with Gasteiger partial charge in [-0.05, 0) is 299 Å². The Hall–Kier alpha value is -11.4. The first-order chi connectivity index (χ1) is 62.0. The van der Waals surface area contributed by atoms with Gasteiger partial charge in [-0.15, -0.1) is 0 Å². The topological polar surface area (TPSA) is 148 Å². The van der Waals surface area contributed by atoms with Gasteiger partial charge in [-0.2, -0.15) is 0 Å². The van der Waals surface area contributed by atoms with Gasteiger partial charge >= 0.3 is 79.1 Å². The summed E-state index contributed by atoms with van der Waals surface area (Å²) >= 11 is -2.82. The Morgan fingerprint density at radius 3 is 1.01 bits per heavy atom. The number of hydrogen-bond donors (Lipinski definition) is 0. The van der Waals surface area contributed by atoms with Crippen molar-refractivity contribution >= 4 is 134 Å². The Labute approximate surface area is 794 Å². The summed E-state index contributed by atoms with van der Waals surface area (Å²) in [6.45, 7) is 40.3. The molecule has 19 heteroatoms. The minimum absolute atomic E-state index is 0.0597. The lowest BCUT2D eigenvalue weighted by Crippen LogP contribution is -2.18. The molecule has 0 spiro atoms. The number of aryl methyl sites for hydroxylation is 13. The summed E-state index contributed by atoms with van der Waals surface area (Å²) in [4.78, 5) is 23.4. The summed E-state index contributed by atoms with van der Waals surface area (Å²) in [5.41, 5.74) is 28.3. The number of hydrogen-bond acceptors (Lipinski definition) is 14. The first-order valence-corrected chi connectivity index (χ1v) is 48.7. The van der Waals surface area contributed by atoms with Crippen molar-refractivity contribution in [2.75, 3.05) is 0 Å². The average molecular weight is 1780 g/mol. The Kier molecular flexibility index (Phi) is 33.0. The number of aromatic nitrogens is 5. The molecule has 0 saturated carbocycles. The molecule has 17 rings (SSSR count). The molecule has 0 saturated heterocycles. The van der Waals surface area contributed by atoms with E-state index in [1.54, 1.807) is 0 Å². The van der Waals surface area contributed by atoms with Crippen molar-refractivity contribution < 1.29 is 34.1 Å². The van der Waals surface area contributed by atoms with E-state index in [9.17, 15) is 0 Å². The Morgan fingerprint density at radius 2 is 0.581 bits per heavy atom. The second kappa shape index (κ2) is 44.7. The Morgan fingerprint density at radius 1 is 0.240 bits per heavy atom. The lowest BCUT2D eigenvalue weighted by Gasteiger charge is -2.26. The maximum absolute atomic E-state index is 6.14. The summed E-state index contributed by atoms with van der Waals surface area (Å²) in [6, 6.07) is 99.1. The molecule has 0 aliphatic carbocycles. The van der Waals surface area contributed by atoms with E-state index in [0.717, 1.165) is 141 Å². The number of pyridine rings is 5. The Balaban J connectivity index is 0.000000138. The molecule has 14 nitrogen and oxygen atoms in total. The molecule has 0 N–H and O–H groups in total. The number of para-hydroxylation sites is 5. The molecule has 12 aromatic carbocycles. The monoisotopic (exact) mass is 1780 g/mol. The van der Waals surface area contributed by atoms with Crippen LogP contribution in [-0.2, 0) is 22.5 Å². The van der Waals surface area contributed by atoms with E-state index < -0.39 is 63.5 Å². The summed E-state index contributed by atoms with van der Waals surface area (Å²) in [6.07, 6.45) is 0.982. The van der Waals surface area contributed by atoms with Crippen LogP contribution in [0.3, 0.4) is 0 Å². The fourth-order valence-corrected chi connectivity index (χ4v) is 18.6. The molecular formula is C110H109Al5N5O9. The van der Waals surface area contributed by atoms with Crippen LogP contribution in [0.5, 0.6) is 51.7 Å². The highest BCUT2D eigenvalue weighted by atomic mass is 27.2. The molecule has 0 fully saturated rings. The third-order valence-corrected chi connectivity index (χ3v) is 25.7. The van der Waals surface area contributed by atoms with Crippen LogP contribution in [0.4, 0.5) is 0 Å². The molecule has 0 bridgehead atoms. The van der Waals surface area contributed by atoms with E-state index in [1.807, 2.05) is 155 Å². The van der Waals surface area contributed by atoms with Crippen molar-refractivity contribution in [1.29, 1.82) is 0 Å². The SMILES string of the molecule is CCc1cc(C)nc2c([O][Al][O]c3ccc(C)cc3)cccc12.Cc1cc(C)c2cccc([CH2][Al][O]c3cccc(-c4ccccc4)c3)c2n1.Cc1cc(C)c2cccc([O][Al][O]c3cc(C(C)(C)C)cc(C(C)(C)C)c3)c2n1.Cc1cc(C)c2cccc([O][Al][O]c3ccc(-c4ccccc4)cc3)c2n1.Cc1cc(C)cc([O][Al][O]c2cccc3c(C)cc(C)nc23)c1. The van der Waals surface area contributed by atoms with Crippen molar-refractivity contribution in [3.8, 4) is 74.0 Å². The molecule has 0 aliphatic heterocycles. The maximum Gasteiger partial charge on any atom is 0.881 e. The summed E-state index contributed by atoms with van der Waals surface area (Å²) in [5, 5.41) is 6.68. The maximum atomic E-state index is 6.14. The van der Waals surface area contributed by atoms with Crippen LogP contribution in [0.1, 0.15) is 138 Å². The molecule has 5 heterocycles. The molecule has 643 valence electrons. The summed E-state index contributed by atoms with van der Waals surface area (Å²) in [7, 11) is 0. The zero-order valence-electron chi connectivity index (χ0n) is 77.4. The summed E-state index contributed by atoms with van der Waals surface area (Å²) < 4.78 is 53.5. The van der Waals surface area contributed by atoms with Crippen molar-refractivity contribution in [3.63, 3.8) is 0 Å². The van der Waals surface area contributed by atoms with Gasteiger partial charge in [0.25, 0.3) is 0 Å². The molecular weight excluding hydrogens is 1670 g/mol. The van der Waals surface area contributed by atoms with E-state index in [0.29, 0.717) is 0 Å². The second-order valence-electron chi connectivity index (χ2n) is 34.5. The lowest BCUT2D eigenvalue weighted by molar-refractivity contribution is 0.457. The van der Waals surface area contributed by atoms with Crippen LogP contribution in [0, 0.1) is 83.1 Å². The first-order valence-electron chi connectivity index (χ1n) is 43.6. The standard InChI is InChI=1S/C14H22O.C12H13NO.C12H12N.2C12H10O.3C11H11NO.C8H10O.C7H8O.5Al/c1-13(2,3)10-7-11(14(4,5)6)9-12(15)8-10;1-3-9-7-8(2)13-12-10(9)5-4-6-11(12)14;1-8-5-4-6-11-9(2)7-10(3)13-12(8)11;13-12-8-4-7-11(9-12)10-5-2-1-3-6-10;13-12-8-6-11(7-9-12)10-4-2-1-3-5-10;3*1-7-6-8(2)12-11-9(7)4-3-5-10(11)13;1-6-3-7(2)5-8(9)4-6;1-6-2-4-7(8)5-3-6;;;;;/h7-9,15H,1-6H3;4-7,14H,3H2,1-2H3;4-7H,1H2,2-3H3;2*1-9,13H;3*3-6,13H,1-2H3;3-5,9H,1-2H3;2-5,8H,1H3;;;;;/q;;;;;;;;;;+1;4*+2/p-9. The van der Waals surface area contributed by atoms with Gasteiger partial charge in [-0.1, -0.05) is 230 Å². The van der Waals surface area contributed by atoms with Gasteiger partial charge in [0.2, 0.25) is 0 Å². The van der Waals surface area contributed by atoms with Gasteiger partial charge in [-0.25, -0.2) is 19.9 Å². The smallest absolute Gasteiger partial charge is 0.648 e. The highest BCUT2D eigenvalue weighted by Crippen LogP contribution is 2.37. The van der Waals surface area contributed by atoms with Crippen molar-refractivity contribution in [2.45, 2.75) is 154 Å². The van der Waals surface area contributed by atoms with E-state index in [-0.39, 0.29) is 26.4 Å². The quantitative estimate of drug-likeness (QED) is 0.0559. The summed E-state index contributed by atoms with van der Waals surface area (Å²) in [5.74, 6) is 7.46. The van der Waals surface area contributed by atoms with E-state index in [4.69, 9.17) is 39.1 Å². The zero-order valence-corrected chi connectivity index (χ0v) is 83.2. The molecule has 5 aromatic heterocycles. The predicted molar refractivity (Wildman–Crippen MR) is 534 cm³/mol. The van der Waals surface area contributed by atoms with Gasteiger partial charge in [-0.3, -0.25) is 4.98 Å². The first kappa shape index (κ1) is 95.1. The minimum Gasteiger partial charge on any atom is -0.648 e. The van der Waals surface area contributed by atoms with Gasteiger partial charge in [0.1, 0.15) is 45.1 Å². The van der Waals surface area contributed by atoms with Crippen molar-refractivity contribution in [1.82, 2.24) is 24.9 Å². The Bertz CT molecular complexity index is 6660. The van der Waals surface area contributed by atoms with E-state index in [1.165, 1.54) is 88.8 Å². The van der Waals surface area contributed by atoms with Crippen molar-refractivity contribution in [2.24, 2.45) is 0 Å². The van der Waals surface area contributed by atoms with Gasteiger partial charge < -0.3 is 34.1 Å². The van der Waals surface area contributed by atoms with Crippen LogP contribution in [-0.4, -0.2) is 104 Å². The number of benzene rings is 12. The number of fused-ring (bicyclic) bond motifs is 5. The van der Waals surface area contributed by atoms with Gasteiger partial charge in [0.15, 0.2) is 0 Å². The predicted octanol–water partition coefficient (Wildman–Crippen LogP) is 26.5. The van der Waals surface area contributed by atoms with E-state index in [2.05, 4.69) is 288 Å². The fraction of sp³-hybridized carbons (Fsp3) is 0.209. The van der Waals surface area contributed by atoms with Crippen LogP contribution in [0.25, 0.3) is 76.8 Å². The molecule has 129 heavy (non-hydrogen) atoms. The third kappa shape index (κ3) is 26.4. The molecule has 0 atom stereocenters. The fourth-order valence-electron chi connectivity index (χ4n) is 15.2. The molecule has 0 unspecified atom stereocenters. The number of rotatable bonds is 23. The molecule has 5 radical (unpaired) electrons. The normalized spacial score (nSPS) is 11.0. The zero-order chi connectivity index (χ0) is 91.3. The number of nitrogens with zero attached hydrogens (tertiary/aromatic N) is 5. The highest BCUT2D eigenvalue weighted by Gasteiger charge is 2.24. The highest BCUT2D eigenvalue weighted by molar-refractivity contribution is 6.28. The van der Waals surface area contributed by atoms with Gasteiger partial charge in [0, 0.05) is 55.4 Å². The molecule has 17 aromatic rings. The lowest BCUT2D eigenvalue weighted by atomic mass is 9.80. The van der Waals surface area contributed by atoms with E-state index >= 15 is 0 Å². The van der Waals surface area contributed by atoms with Gasteiger partial charge in [0.05, 0.1) is 34.3 Å². The molecule has 0 aliphatic rings. The molecule has 0 amide bonds. The van der Waals surface area contributed by atoms with Crippen LogP contribution < -0.4 is 34.1 Å². The van der Waals surface area contributed by atoms with Crippen molar-refractivity contribution in [3.05, 3.63) is 381 Å². The third-order valence-electron chi connectivity index (χ3n) is 21.8. The minimum atomic E-state index is -0.697. The van der Waals surface area contributed by atoms with Crippen LogP contribution in [0.2, 0.25) is 0 Å². The van der Waals surface area contributed by atoms with Crippen LogP contribution in [0.15, 0.2) is 291 Å². The van der Waals surface area contributed by atoms with Crippen LogP contribution >= 0.6 is 0 Å². The average Bonchev–Trinajstić information content (AvgIpc) is 0.845. The largest absolute Gasteiger partial charge is 0.881 e.